The third-order valence-corrected chi connectivity index (χ3v) is 5.94. The van der Waals surface area contributed by atoms with Gasteiger partial charge in [0, 0.05) is 28.8 Å². The van der Waals surface area contributed by atoms with E-state index in [0.717, 1.165) is 25.3 Å². The van der Waals surface area contributed by atoms with E-state index in [0.29, 0.717) is 17.7 Å². The molecular formula is C31H20F8O. The van der Waals surface area contributed by atoms with E-state index in [1.54, 1.807) is 0 Å². The van der Waals surface area contributed by atoms with Gasteiger partial charge in [-0.1, -0.05) is 43.4 Å². The van der Waals surface area contributed by atoms with Crippen molar-refractivity contribution >= 4 is 0 Å². The van der Waals surface area contributed by atoms with Gasteiger partial charge in [0.1, 0.15) is 28.8 Å². The van der Waals surface area contributed by atoms with E-state index in [4.69, 9.17) is 0 Å². The quantitative estimate of drug-likeness (QED) is 0.125. The van der Waals surface area contributed by atoms with Gasteiger partial charge in [0.05, 0.1) is 0 Å². The summed E-state index contributed by atoms with van der Waals surface area (Å²) in [6.07, 6.45) is -1.65. The molecule has 0 bridgehead atoms. The summed E-state index contributed by atoms with van der Waals surface area (Å²) in [5, 5.41) is 0. The molecule has 0 aliphatic rings. The normalized spacial score (nSPS) is 11.2. The Balaban J connectivity index is 1.56. The van der Waals surface area contributed by atoms with Crippen LogP contribution in [0.4, 0.5) is 35.1 Å². The Morgan fingerprint density at radius 1 is 0.675 bits per heavy atom. The van der Waals surface area contributed by atoms with E-state index < -0.39 is 57.9 Å². The number of hydrogen-bond acceptors (Lipinski definition) is 1. The molecule has 40 heavy (non-hydrogen) atoms. The van der Waals surface area contributed by atoms with Gasteiger partial charge in [0.25, 0.3) is 0 Å². The van der Waals surface area contributed by atoms with Crippen molar-refractivity contribution in [3.63, 3.8) is 0 Å². The zero-order valence-corrected chi connectivity index (χ0v) is 20.9. The topological polar surface area (TPSA) is 9.23 Å². The largest absolute Gasteiger partial charge is 0.432 e. The van der Waals surface area contributed by atoms with Gasteiger partial charge in [-0.25, -0.2) is 26.3 Å². The summed E-state index contributed by atoms with van der Waals surface area (Å²) in [6.45, 7) is 2.10. The summed E-state index contributed by atoms with van der Waals surface area (Å²) < 4.78 is 117. The maximum Gasteiger partial charge on any atom is 0.432 e. The molecule has 0 aliphatic carbocycles. The van der Waals surface area contributed by atoms with Crippen LogP contribution in [0.1, 0.15) is 42.0 Å². The Morgan fingerprint density at radius 3 is 1.82 bits per heavy atom. The minimum Gasteiger partial charge on any atom is -0.429 e. The van der Waals surface area contributed by atoms with Gasteiger partial charge < -0.3 is 4.74 Å². The molecule has 9 heteroatoms. The van der Waals surface area contributed by atoms with Crippen molar-refractivity contribution in [2.75, 3.05) is 0 Å². The number of ether oxygens (including phenoxy) is 1. The second-order valence-electron chi connectivity index (χ2n) is 8.88. The second-order valence-corrected chi connectivity index (χ2v) is 8.88. The van der Waals surface area contributed by atoms with Crippen LogP contribution in [0.15, 0.2) is 66.7 Å². The highest BCUT2D eigenvalue weighted by molar-refractivity contribution is 5.66. The van der Waals surface area contributed by atoms with Crippen molar-refractivity contribution in [3.05, 3.63) is 124 Å². The van der Waals surface area contributed by atoms with Crippen LogP contribution in [0.25, 0.3) is 11.1 Å². The fraction of sp³-hybridized carbons (Fsp3) is 0.161. The minimum absolute atomic E-state index is 0.0962. The Kier molecular flexibility index (Phi) is 8.48. The molecule has 0 saturated carbocycles. The average Bonchev–Trinajstić information content (AvgIpc) is 2.89. The summed E-state index contributed by atoms with van der Waals surface area (Å²) in [5.74, 6) is -5.66. The zero-order valence-electron chi connectivity index (χ0n) is 20.9. The number of aryl methyl sites for hydroxylation is 1. The van der Waals surface area contributed by atoms with Crippen molar-refractivity contribution in [1.82, 2.24) is 0 Å². The number of hydrogen-bond donors (Lipinski definition) is 0. The number of alkyl halides is 2. The van der Waals surface area contributed by atoms with Crippen LogP contribution < -0.4 is 4.74 Å². The van der Waals surface area contributed by atoms with E-state index >= 15 is 0 Å². The lowest BCUT2D eigenvalue weighted by atomic mass is 10.00. The summed E-state index contributed by atoms with van der Waals surface area (Å²) in [7, 11) is 0. The van der Waals surface area contributed by atoms with Crippen LogP contribution >= 0.6 is 0 Å². The van der Waals surface area contributed by atoms with E-state index in [1.807, 2.05) is 24.3 Å². The van der Waals surface area contributed by atoms with Gasteiger partial charge >= 0.3 is 6.11 Å². The molecular weight excluding hydrogens is 540 g/mol. The van der Waals surface area contributed by atoms with Crippen molar-refractivity contribution in [2.24, 2.45) is 0 Å². The first-order valence-electron chi connectivity index (χ1n) is 12.1. The first-order valence-corrected chi connectivity index (χ1v) is 12.1. The Labute approximate surface area is 225 Å². The van der Waals surface area contributed by atoms with Gasteiger partial charge in [-0.2, -0.15) is 8.78 Å². The average molecular weight is 560 g/mol. The van der Waals surface area contributed by atoms with Crippen molar-refractivity contribution in [1.29, 1.82) is 0 Å². The lowest BCUT2D eigenvalue weighted by Gasteiger charge is -2.20. The van der Waals surface area contributed by atoms with Crippen molar-refractivity contribution < 1.29 is 39.9 Å². The molecule has 0 fully saturated rings. The molecule has 1 nitrogen and oxygen atoms in total. The number of rotatable bonds is 7. The summed E-state index contributed by atoms with van der Waals surface area (Å²) in [6, 6.07) is 12.4. The van der Waals surface area contributed by atoms with E-state index in [2.05, 4.69) is 23.5 Å². The zero-order chi connectivity index (χ0) is 29.0. The van der Waals surface area contributed by atoms with Crippen LogP contribution in [0.3, 0.4) is 0 Å². The second kappa shape index (κ2) is 11.8. The molecule has 4 rings (SSSR count). The number of halogens is 8. The predicted molar refractivity (Wildman–Crippen MR) is 134 cm³/mol. The molecule has 0 amide bonds. The van der Waals surface area contributed by atoms with Gasteiger partial charge in [0.2, 0.25) is 0 Å². The Morgan fingerprint density at radius 2 is 1.25 bits per heavy atom. The summed E-state index contributed by atoms with van der Waals surface area (Å²) in [4.78, 5) is 0. The molecule has 206 valence electrons. The fourth-order valence-electron chi connectivity index (χ4n) is 3.90. The van der Waals surface area contributed by atoms with E-state index in [1.165, 1.54) is 17.7 Å². The molecule has 0 radical (unpaired) electrons. The molecule has 0 atom stereocenters. The predicted octanol–water partition coefficient (Wildman–Crippen LogP) is 9.06. The molecule has 0 aliphatic heterocycles. The van der Waals surface area contributed by atoms with Crippen LogP contribution in [0.5, 0.6) is 5.75 Å². The molecule has 0 N–H and O–H groups in total. The number of benzene rings is 4. The lowest BCUT2D eigenvalue weighted by molar-refractivity contribution is -0.189. The Hall–Kier alpha value is -4.32. The summed E-state index contributed by atoms with van der Waals surface area (Å²) >= 11 is 0. The van der Waals surface area contributed by atoms with Crippen LogP contribution in [0.2, 0.25) is 0 Å². The first kappa shape index (κ1) is 28.7. The SMILES string of the molecule is CCCCc1ccc(C#Cc2ccc(-c3cc(F)c(C(F)(F)Oc4cc(F)c(F)c(F)c4)c(F)c3)c(F)c2)cc1. The van der Waals surface area contributed by atoms with Crippen molar-refractivity contribution in [3.8, 4) is 28.7 Å². The molecule has 0 heterocycles. The van der Waals surface area contributed by atoms with Crippen LogP contribution in [-0.4, -0.2) is 0 Å². The molecule has 0 aromatic heterocycles. The molecule has 0 unspecified atom stereocenters. The molecule has 0 spiro atoms. The molecule has 4 aromatic carbocycles. The van der Waals surface area contributed by atoms with Gasteiger partial charge in [0.15, 0.2) is 17.5 Å². The monoisotopic (exact) mass is 560 g/mol. The maximum absolute atomic E-state index is 14.8. The lowest BCUT2D eigenvalue weighted by Crippen LogP contribution is -2.25. The van der Waals surface area contributed by atoms with Gasteiger partial charge in [-0.05, 0) is 60.4 Å². The van der Waals surface area contributed by atoms with E-state index in [-0.39, 0.29) is 23.3 Å². The first-order chi connectivity index (χ1) is 19.0. The maximum atomic E-state index is 14.8. The van der Waals surface area contributed by atoms with Gasteiger partial charge in [-0.15, -0.1) is 0 Å². The smallest absolute Gasteiger partial charge is 0.429 e. The van der Waals surface area contributed by atoms with Crippen molar-refractivity contribution in [2.45, 2.75) is 32.3 Å². The standard InChI is InChI=1S/C31H20F8O/c1-2-3-4-18-5-7-19(8-6-18)9-10-20-11-12-23(24(32)13-20)21-14-25(33)29(26(34)15-21)31(38,39)40-22-16-27(35)30(37)28(36)17-22/h5-8,11-17H,2-4H2,1H3. The molecule has 4 aromatic rings. The highest BCUT2D eigenvalue weighted by Crippen LogP contribution is 2.38. The third-order valence-electron chi connectivity index (χ3n) is 5.94. The third kappa shape index (κ3) is 6.45. The van der Waals surface area contributed by atoms with Crippen LogP contribution in [-0.2, 0) is 12.5 Å². The highest BCUT2D eigenvalue weighted by atomic mass is 19.3. The van der Waals surface area contributed by atoms with E-state index in [9.17, 15) is 35.1 Å². The fourth-order valence-corrected chi connectivity index (χ4v) is 3.90. The summed E-state index contributed by atoms with van der Waals surface area (Å²) in [5.41, 5.74) is -0.415. The van der Waals surface area contributed by atoms with Gasteiger partial charge in [-0.3, -0.25) is 0 Å². The highest BCUT2D eigenvalue weighted by Gasteiger charge is 2.41. The Bertz CT molecular complexity index is 1550. The number of unbranched alkanes of at least 4 members (excludes halogenated alkanes) is 1. The van der Waals surface area contributed by atoms with Crippen LogP contribution in [0, 0.1) is 46.7 Å². The minimum atomic E-state index is -4.75. The molecule has 0 saturated heterocycles.